The van der Waals surface area contributed by atoms with Crippen molar-refractivity contribution >= 4 is 28.9 Å². The molecule has 16 heavy (non-hydrogen) atoms. The number of nitriles is 1. The summed E-state index contributed by atoms with van der Waals surface area (Å²) in [5, 5.41) is 12.1. The number of hydrogen-bond donors (Lipinski definition) is 2. The van der Waals surface area contributed by atoms with E-state index >= 15 is 0 Å². The number of thiophene rings is 1. The monoisotopic (exact) mass is 239 g/mol. The zero-order chi connectivity index (χ0) is 12.0. The Morgan fingerprint density at radius 1 is 1.62 bits per heavy atom. The first-order chi connectivity index (χ1) is 7.65. The number of nitrogens with one attached hydrogen (secondary N) is 1. The van der Waals surface area contributed by atoms with E-state index in [1.165, 1.54) is 0 Å². The largest absolute Gasteiger partial charge is 0.451 e. The van der Waals surface area contributed by atoms with E-state index in [0.29, 0.717) is 5.69 Å². The van der Waals surface area contributed by atoms with Crippen LogP contribution >= 0.6 is 11.3 Å². The lowest BCUT2D eigenvalue weighted by atomic mass is 10.4. The van der Waals surface area contributed by atoms with Gasteiger partial charge in [-0.2, -0.15) is 5.26 Å². The lowest BCUT2D eigenvalue weighted by Crippen LogP contribution is -2.28. The number of carbonyl (C=O) groups excluding carboxylic acids is 2. The molecular formula is C9H9N3O3S. The van der Waals surface area contributed by atoms with E-state index < -0.39 is 18.5 Å². The Bertz CT molecular complexity index is 435. The molecule has 0 saturated heterocycles. The van der Waals surface area contributed by atoms with Crippen molar-refractivity contribution in [1.82, 2.24) is 5.32 Å². The van der Waals surface area contributed by atoms with E-state index in [1.54, 1.807) is 17.5 Å². The second-order valence-corrected chi connectivity index (χ2v) is 3.63. The number of nitrogens with zero attached hydrogens (tertiary/aromatic N) is 1. The van der Waals surface area contributed by atoms with Gasteiger partial charge in [0.25, 0.3) is 5.91 Å². The average Bonchev–Trinajstić information content (AvgIpc) is 2.69. The SMILES string of the molecule is N#CCNC(=O)COC(=O)c1sccc1N. The third-order valence-corrected chi connectivity index (χ3v) is 2.49. The van der Waals surface area contributed by atoms with Crippen molar-refractivity contribution < 1.29 is 14.3 Å². The molecule has 0 aromatic carbocycles. The van der Waals surface area contributed by atoms with Crippen LogP contribution in [0.1, 0.15) is 9.67 Å². The Balaban J connectivity index is 2.40. The van der Waals surface area contributed by atoms with Crippen LogP contribution in [-0.2, 0) is 9.53 Å². The molecule has 0 radical (unpaired) electrons. The third kappa shape index (κ3) is 3.25. The number of nitrogens with two attached hydrogens (primary N) is 1. The molecule has 0 bridgehead atoms. The molecule has 0 atom stereocenters. The second kappa shape index (κ2) is 5.72. The maximum Gasteiger partial charge on any atom is 0.350 e. The van der Waals surface area contributed by atoms with Crippen molar-refractivity contribution in [2.45, 2.75) is 0 Å². The minimum atomic E-state index is -0.639. The summed E-state index contributed by atoms with van der Waals surface area (Å²) in [5.41, 5.74) is 5.82. The molecule has 1 heterocycles. The smallest absolute Gasteiger partial charge is 0.350 e. The Kier molecular flexibility index (Phi) is 4.29. The van der Waals surface area contributed by atoms with Gasteiger partial charge in [0.15, 0.2) is 6.61 Å². The highest BCUT2D eigenvalue weighted by Crippen LogP contribution is 2.19. The minimum absolute atomic E-state index is 0.114. The third-order valence-electron chi connectivity index (χ3n) is 1.58. The lowest BCUT2D eigenvalue weighted by Gasteiger charge is -2.03. The van der Waals surface area contributed by atoms with Crippen molar-refractivity contribution in [3.63, 3.8) is 0 Å². The zero-order valence-corrected chi connectivity index (χ0v) is 9.04. The Morgan fingerprint density at radius 3 is 2.94 bits per heavy atom. The summed E-state index contributed by atoms with van der Waals surface area (Å²) in [7, 11) is 0. The number of nitrogen functional groups attached to an aromatic ring is 1. The molecule has 0 aliphatic rings. The van der Waals surface area contributed by atoms with Crippen molar-refractivity contribution in [1.29, 1.82) is 5.26 Å². The van der Waals surface area contributed by atoms with Gasteiger partial charge in [0.05, 0.1) is 11.8 Å². The first-order valence-electron chi connectivity index (χ1n) is 4.29. The van der Waals surface area contributed by atoms with E-state index in [-0.39, 0.29) is 11.4 Å². The highest BCUT2D eigenvalue weighted by molar-refractivity contribution is 7.12. The molecule has 1 rings (SSSR count). The van der Waals surface area contributed by atoms with E-state index in [2.05, 4.69) is 5.32 Å². The van der Waals surface area contributed by atoms with E-state index in [4.69, 9.17) is 15.7 Å². The molecule has 1 amide bonds. The van der Waals surface area contributed by atoms with E-state index in [0.717, 1.165) is 11.3 Å². The fourth-order valence-corrected chi connectivity index (χ4v) is 1.58. The fraction of sp³-hybridized carbons (Fsp3) is 0.222. The molecule has 0 unspecified atom stereocenters. The Labute approximate surface area is 95.6 Å². The van der Waals surface area contributed by atoms with Gasteiger partial charge in [-0.25, -0.2) is 4.79 Å². The molecule has 3 N–H and O–H groups in total. The van der Waals surface area contributed by atoms with Gasteiger partial charge in [-0.05, 0) is 11.4 Å². The van der Waals surface area contributed by atoms with Crippen LogP contribution in [0.5, 0.6) is 0 Å². The number of rotatable bonds is 4. The van der Waals surface area contributed by atoms with E-state index in [1.807, 2.05) is 0 Å². The summed E-state index contributed by atoms with van der Waals surface area (Å²) in [6.07, 6.45) is 0. The van der Waals surface area contributed by atoms with Crippen LogP contribution in [0.2, 0.25) is 0 Å². The number of hydrogen-bond acceptors (Lipinski definition) is 6. The van der Waals surface area contributed by atoms with Crippen molar-refractivity contribution in [3.05, 3.63) is 16.3 Å². The van der Waals surface area contributed by atoms with Gasteiger partial charge in [-0.15, -0.1) is 11.3 Å². The molecule has 0 saturated carbocycles. The number of anilines is 1. The van der Waals surface area contributed by atoms with E-state index in [9.17, 15) is 9.59 Å². The summed E-state index contributed by atoms with van der Waals surface area (Å²) >= 11 is 1.14. The van der Waals surface area contributed by atoms with Crippen molar-refractivity contribution in [2.24, 2.45) is 0 Å². The van der Waals surface area contributed by atoms with Gasteiger partial charge in [0, 0.05) is 0 Å². The molecule has 84 valence electrons. The molecule has 1 aromatic heterocycles. The number of amides is 1. The zero-order valence-electron chi connectivity index (χ0n) is 8.23. The topological polar surface area (TPSA) is 105 Å². The van der Waals surface area contributed by atoms with Gasteiger partial charge >= 0.3 is 5.97 Å². The van der Waals surface area contributed by atoms with Gasteiger partial charge in [0.1, 0.15) is 11.4 Å². The predicted octanol–water partition coefficient (Wildman–Crippen LogP) is 0.127. The molecule has 0 aliphatic heterocycles. The van der Waals surface area contributed by atoms with Crippen molar-refractivity contribution in [2.75, 3.05) is 18.9 Å². The Morgan fingerprint density at radius 2 is 2.38 bits per heavy atom. The standard InChI is InChI=1S/C9H9N3O3S/c10-2-3-12-7(13)5-15-9(14)8-6(11)1-4-16-8/h1,4H,3,5,11H2,(H,12,13). The summed E-state index contributed by atoms with van der Waals surface area (Å²) in [4.78, 5) is 22.6. The lowest BCUT2D eigenvalue weighted by molar-refractivity contribution is -0.123. The molecule has 0 spiro atoms. The highest BCUT2D eigenvalue weighted by atomic mass is 32.1. The summed E-state index contributed by atoms with van der Waals surface area (Å²) < 4.78 is 4.70. The molecule has 0 fully saturated rings. The minimum Gasteiger partial charge on any atom is -0.451 e. The number of carbonyl (C=O) groups is 2. The first-order valence-corrected chi connectivity index (χ1v) is 5.17. The van der Waals surface area contributed by atoms with Crippen LogP contribution in [0.25, 0.3) is 0 Å². The van der Waals surface area contributed by atoms with Crippen LogP contribution in [0.15, 0.2) is 11.4 Å². The first kappa shape index (κ1) is 12.0. The maximum atomic E-state index is 11.4. The second-order valence-electron chi connectivity index (χ2n) is 2.72. The molecule has 0 aliphatic carbocycles. The Hall–Kier alpha value is -2.07. The summed E-state index contributed by atoms with van der Waals surface area (Å²) in [5.74, 6) is -1.16. The van der Waals surface area contributed by atoms with Crippen LogP contribution in [0, 0.1) is 11.3 Å². The van der Waals surface area contributed by atoms with Crippen LogP contribution in [0.4, 0.5) is 5.69 Å². The van der Waals surface area contributed by atoms with Crippen molar-refractivity contribution in [3.8, 4) is 6.07 Å². The molecule has 1 aromatic rings. The van der Waals surface area contributed by atoms with Crippen LogP contribution < -0.4 is 11.1 Å². The van der Waals surface area contributed by atoms with Gasteiger partial charge in [0.2, 0.25) is 0 Å². The molecular weight excluding hydrogens is 230 g/mol. The van der Waals surface area contributed by atoms with Crippen LogP contribution in [0.3, 0.4) is 0 Å². The average molecular weight is 239 g/mol. The molecule has 6 nitrogen and oxygen atoms in total. The normalized spacial score (nSPS) is 9.19. The number of esters is 1. The number of ether oxygens (including phenoxy) is 1. The highest BCUT2D eigenvalue weighted by Gasteiger charge is 2.14. The molecule has 7 heteroatoms. The van der Waals surface area contributed by atoms with Gasteiger partial charge < -0.3 is 15.8 Å². The van der Waals surface area contributed by atoms with Gasteiger partial charge in [-0.1, -0.05) is 0 Å². The predicted molar refractivity (Wildman–Crippen MR) is 57.6 cm³/mol. The maximum absolute atomic E-state index is 11.4. The summed E-state index contributed by atoms with van der Waals surface area (Å²) in [6, 6.07) is 3.31. The summed E-state index contributed by atoms with van der Waals surface area (Å²) in [6.45, 7) is -0.532. The van der Waals surface area contributed by atoms with Crippen LogP contribution in [-0.4, -0.2) is 25.0 Å². The quantitative estimate of drug-likeness (QED) is 0.573. The fourth-order valence-electron chi connectivity index (χ4n) is 0.871. The van der Waals surface area contributed by atoms with Gasteiger partial charge in [-0.3, -0.25) is 4.79 Å².